The van der Waals surface area contributed by atoms with E-state index in [0.717, 1.165) is 4.88 Å². The standard InChI is InChI=1S/C12H14N4OS/c1-7-4-5-18-10(7)6-13-16-12-14-9(3)8(2)11(17)15-12/h4-6H,1-3H3,(H2,14,15,16,17)/b13-6-. The average Bonchev–Trinajstić information content (AvgIpc) is 2.72. The number of nitrogens with one attached hydrogen (secondary N) is 2. The summed E-state index contributed by atoms with van der Waals surface area (Å²) < 4.78 is 0. The van der Waals surface area contributed by atoms with Crippen molar-refractivity contribution < 1.29 is 0 Å². The van der Waals surface area contributed by atoms with E-state index in [1.807, 2.05) is 18.4 Å². The summed E-state index contributed by atoms with van der Waals surface area (Å²) in [6.45, 7) is 5.56. The molecule has 0 aromatic carbocycles. The maximum Gasteiger partial charge on any atom is 0.255 e. The van der Waals surface area contributed by atoms with Crippen molar-refractivity contribution in [3.8, 4) is 0 Å². The number of anilines is 1. The van der Waals surface area contributed by atoms with Gasteiger partial charge in [-0.05, 0) is 37.8 Å². The Morgan fingerprint density at radius 3 is 2.83 bits per heavy atom. The first-order chi connectivity index (χ1) is 8.58. The fourth-order valence-corrected chi connectivity index (χ4v) is 2.15. The first-order valence-electron chi connectivity index (χ1n) is 5.48. The molecule has 18 heavy (non-hydrogen) atoms. The average molecular weight is 262 g/mol. The van der Waals surface area contributed by atoms with E-state index >= 15 is 0 Å². The van der Waals surface area contributed by atoms with Crippen LogP contribution in [0.1, 0.15) is 21.7 Å². The van der Waals surface area contributed by atoms with E-state index < -0.39 is 0 Å². The van der Waals surface area contributed by atoms with Crippen LogP contribution in [-0.4, -0.2) is 16.2 Å². The van der Waals surface area contributed by atoms with Gasteiger partial charge in [0.1, 0.15) is 0 Å². The second-order valence-corrected chi connectivity index (χ2v) is 4.91. The third-order valence-corrected chi connectivity index (χ3v) is 3.60. The third-order valence-electron chi connectivity index (χ3n) is 2.65. The van der Waals surface area contributed by atoms with Gasteiger partial charge in [0.25, 0.3) is 5.56 Å². The summed E-state index contributed by atoms with van der Waals surface area (Å²) in [4.78, 5) is 19.4. The van der Waals surface area contributed by atoms with Crippen molar-refractivity contribution in [2.45, 2.75) is 20.8 Å². The quantitative estimate of drug-likeness (QED) is 0.658. The molecule has 94 valence electrons. The van der Waals surface area contributed by atoms with E-state index in [-0.39, 0.29) is 5.56 Å². The Morgan fingerprint density at radius 1 is 1.44 bits per heavy atom. The second-order valence-electron chi connectivity index (χ2n) is 3.96. The molecule has 0 aliphatic rings. The van der Waals surface area contributed by atoms with Gasteiger partial charge in [0.2, 0.25) is 5.95 Å². The van der Waals surface area contributed by atoms with Crippen molar-refractivity contribution in [3.05, 3.63) is 43.5 Å². The van der Waals surface area contributed by atoms with Crippen LogP contribution in [0.3, 0.4) is 0 Å². The molecule has 0 atom stereocenters. The fourth-order valence-electron chi connectivity index (χ4n) is 1.37. The Bertz CT molecular complexity index is 642. The molecule has 2 heterocycles. The Morgan fingerprint density at radius 2 is 2.22 bits per heavy atom. The predicted octanol–water partition coefficient (Wildman–Crippen LogP) is 2.20. The van der Waals surface area contributed by atoms with Gasteiger partial charge >= 0.3 is 0 Å². The van der Waals surface area contributed by atoms with Gasteiger partial charge in [-0.25, -0.2) is 10.4 Å². The smallest absolute Gasteiger partial charge is 0.255 e. The fraction of sp³-hybridized carbons (Fsp3) is 0.250. The highest BCUT2D eigenvalue weighted by Crippen LogP contribution is 2.12. The molecule has 2 rings (SSSR count). The summed E-state index contributed by atoms with van der Waals surface area (Å²) in [6.07, 6.45) is 1.72. The van der Waals surface area contributed by atoms with Crippen LogP contribution in [0.4, 0.5) is 5.95 Å². The Labute approximate surface area is 109 Å². The molecule has 5 nitrogen and oxygen atoms in total. The van der Waals surface area contributed by atoms with Crippen LogP contribution >= 0.6 is 11.3 Å². The molecule has 0 aliphatic carbocycles. The lowest BCUT2D eigenvalue weighted by atomic mass is 10.3. The molecular weight excluding hydrogens is 248 g/mol. The number of aromatic nitrogens is 2. The monoisotopic (exact) mass is 262 g/mol. The zero-order valence-corrected chi connectivity index (χ0v) is 11.3. The SMILES string of the molecule is Cc1ccsc1/C=N\Nc1nc(C)c(C)c(=O)[nH]1. The van der Waals surface area contributed by atoms with Gasteiger partial charge in [-0.1, -0.05) is 0 Å². The molecule has 0 radical (unpaired) electrons. The van der Waals surface area contributed by atoms with Gasteiger partial charge in [-0.15, -0.1) is 11.3 Å². The summed E-state index contributed by atoms with van der Waals surface area (Å²) >= 11 is 1.61. The molecule has 0 fully saturated rings. The number of thiophene rings is 1. The largest absolute Gasteiger partial charge is 0.291 e. The summed E-state index contributed by atoms with van der Waals surface area (Å²) in [5.74, 6) is 0.355. The topological polar surface area (TPSA) is 70.1 Å². The number of hydrogen-bond donors (Lipinski definition) is 2. The Kier molecular flexibility index (Phi) is 3.57. The first-order valence-corrected chi connectivity index (χ1v) is 6.36. The molecule has 0 saturated carbocycles. The number of H-pyrrole nitrogens is 1. The van der Waals surface area contributed by atoms with Gasteiger partial charge < -0.3 is 0 Å². The van der Waals surface area contributed by atoms with E-state index in [2.05, 4.69) is 20.5 Å². The molecule has 0 unspecified atom stereocenters. The normalized spacial score (nSPS) is 11.1. The molecule has 0 bridgehead atoms. The van der Waals surface area contributed by atoms with Gasteiger partial charge in [0, 0.05) is 16.1 Å². The van der Waals surface area contributed by atoms with Crippen molar-refractivity contribution in [3.63, 3.8) is 0 Å². The third kappa shape index (κ3) is 2.65. The van der Waals surface area contributed by atoms with Crippen molar-refractivity contribution in [1.82, 2.24) is 9.97 Å². The van der Waals surface area contributed by atoms with Crippen molar-refractivity contribution in [2.75, 3.05) is 5.43 Å². The molecule has 2 N–H and O–H groups in total. The minimum atomic E-state index is -0.146. The van der Waals surface area contributed by atoms with Crippen LogP contribution in [0.5, 0.6) is 0 Å². The summed E-state index contributed by atoms with van der Waals surface area (Å²) in [7, 11) is 0. The maximum absolute atomic E-state index is 11.5. The van der Waals surface area contributed by atoms with Gasteiger partial charge in [-0.2, -0.15) is 5.10 Å². The molecule has 2 aromatic heterocycles. The van der Waals surface area contributed by atoms with E-state index in [1.165, 1.54) is 5.56 Å². The lowest BCUT2D eigenvalue weighted by Gasteiger charge is -2.02. The Balaban J connectivity index is 2.14. The molecule has 6 heteroatoms. The number of aryl methyl sites for hydroxylation is 2. The van der Waals surface area contributed by atoms with Gasteiger partial charge in [0.15, 0.2) is 0 Å². The van der Waals surface area contributed by atoms with Crippen molar-refractivity contribution >= 4 is 23.5 Å². The minimum absolute atomic E-state index is 0.146. The molecule has 0 amide bonds. The van der Waals surface area contributed by atoms with Gasteiger partial charge in [-0.3, -0.25) is 9.78 Å². The van der Waals surface area contributed by atoms with Crippen molar-refractivity contribution in [2.24, 2.45) is 5.10 Å². The molecule has 2 aromatic rings. The maximum atomic E-state index is 11.5. The lowest BCUT2D eigenvalue weighted by Crippen LogP contribution is -2.15. The minimum Gasteiger partial charge on any atom is -0.291 e. The molecule has 0 spiro atoms. The molecule has 0 aliphatic heterocycles. The van der Waals surface area contributed by atoms with E-state index in [4.69, 9.17) is 0 Å². The highest BCUT2D eigenvalue weighted by molar-refractivity contribution is 7.11. The van der Waals surface area contributed by atoms with Crippen LogP contribution < -0.4 is 11.0 Å². The van der Waals surface area contributed by atoms with Gasteiger partial charge in [0.05, 0.1) is 6.21 Å². The van der Waals surface area contributed by atoms with E-state index in [9.17, 15) is 4.79 Å². The summed E-state index contributed by atoms with van der Waals surface area (Å²) in [5.41, 5.74) is 5.08. The number of aromatic amines is 1. The van der Waals surface area contributed by atoms with Crippen LogP contribution in [0.15, 0.2) is 21.3 Å². The molecular formula is C12H14N4OS. The number of rotatable bonds is 3. The zero-order chi connectivity index (χ0) is 13.1. The van der Waals surface area contributed by atoms with E-state index in [0.29, 0.717) is 17.2 Å². The summed E-state index contributed by atoms with van der Waals surface area (Å²) in [5, 5.41) is 6.07. The zero-order valence-electron chi connectivity index (χ0n) is 10.4. The Hall–Kier alpha value is -1.95. The van der Waals surface area contributed by atoms with Crippen molar-refractivity contribution in [1.29, 1.82) is 0 Å². The first kappa shape index (κ1) is 12.5. The number of nitrogens with zero attached hydrogens (tertiary/aromatic N) is 2. The summed E-state index contributed by atoms with van der Waals surface area (Å²) in [6, 6.07) is 2.03. The van der Waals surface area contributed by atoms with Crippen LogP contribution in [0.25, 0.3) is 0 Å². The number of hydrazone groups is 1. The second kappa shape index (κ2) is 5.14. The highest BCUT2D eigenvalue weighted by Gasteiger charge is 2.02. The number of hydrogen-bond acceptors (Lipinski definition) is 5. The van der Waals surface area contributed by atoms with Crippen LogP contribution in [-0.2, 0) is 0 Å². The highest BCUT2D eigenvalue weighted by atomic mass is 32.1. The molecule has 0 saturated heterocycles. The lowest BCUT2D eigenvalue weighted by molar-refractivity contribution is 1.01. The van der Waals surface area contributed by atoms with Crippen LogP contribution in [0, 0.1) is 20.8 Å². The van der Waals surface area contributed by atoms with Crippen LogP contribution in [0.2, 0.25) is 0 Å². The predicted molar refractivity (Wildman–Crippen MR) is 74.6 cm³/mol. The van der Waals surface area contributed by atoms with E-state index in [1.54, 1.807) is 31.4 Å².